The predicted molar refractivity (Wildman–Crippen MR) is 158 cm³/mol. The maximum absolute atomic E-state index is 13.9. The summed E-state index contributed by atoms with van der Waals surface area (Å²) in [5.41, 5.74) is -0.500. The standard InChI is InChI=1S/C32H46N2O7/c1-23(2)34(29(35)25-14-15-27(39-7)28(18-25)40-17-11-16-38-6)21-26-20-33(30(36)41-31(3,4)5)22-32(26,37)19-24-12-9-8-10-13-24/h8-10,12-15,18,23,26,37H,11,16-17,19-22H2,1-7H3/t26-,32+/m1/s1. The molecule has 2 aromatic carbocycles. The van der Waals surface area contributed by atoms with Crippen LogP contribution in [0.2, 0.25) is 0 Å². The fourth-order valence-electron chi connectivity index (χ4n) is 5.04. The van der Waals surface area contributed by atoms with E-state index in [0.29, 0.717) is 43.1 Å². The van der Waals surface area contributed by atoms with Crippen LogP contribution >= 0.6 is 0 Å². The highest BCUT2D eigenvalue weighted by Gasteiger charge is 2.49. The molecule has 2 amide bonds. The van der Waals surface area contributed by atoms with E-state index >= 15 is 0 Å². The van der Waals surface area contributed by atoms with Gasteiger partial charge in [-0.1, -0.05) is 30.3 Å². The Hall–Kier alpha value is -3.30. The minimum Gasteiger partial charge on any atom is -0.493 e. The first-order valence-corrected chi connectivity index (χ1v) is 14.2. The molecule has 0 bridgehead atoms. The van der Waals surface area contributed by atoms with E-state index in [1.54, 1.807) is 42.2 Å². The number of rotatable bonds is 12. The lowest BCUT2D eigenvalue weighted by Crippen LogP contribution is -2.49. The lowest BCUT2D eigenvalue weighted by Gasteiger charge is -2.35. The maximum Gasteiger partial charge on any atom is 0.410 e. The van der Waals surface area contributed by atoms with E-state index < -0.39 is 23.2 Å². The molecule has 1 aliphatic heterocycles. The van der Waals surface area contributed by atoms with Crippen LogP contribution in [-0.4, -0.2) is 91.2 Å². The fraction of sp³-hybridized carbons (Fsp3) is 0.562. The average molecular weight is 571 g/mol. The molecule has 41 heavy (non-hydrogen) atoms. The first-order valence-electron chi connectivity index (χ1n) is 14.2. The van der Waals surface area contributed by atoms with Crippen LogP contribution in [0.25, 0.3) is 0 Å². The molecule has 0 aromatic heterocycles. The predicted octanol–water partition coefficient (Wildman–Crippen LogP) is 4.80. The zero-order chi connectivity index (χ0) is 30.2. The number of amides is 2. The quantitative estimate of drug-likeness (QED) is 0.366. The Bertz CT molecular complexity index is 1150. The molecule has 0 radical (unpaired) electrons. The van der Waals surface area contributed by atoms with Crippen molar-refractivity contribution in [2.45, 2.75) is 64.7 Å². The normalized spacial score (nSPS) is 18.9. The Kier molecular flexibility index (Phi) is 11.0. The number of nitrogens with zero attached hydrogens (tertiary/aromatic N) is 2. The second-order valence-electron chi connectivity index (χ2n) is 11.9. The number of methoxy groups -OCH3 is 2. The summed E-state index contributed by atoms with van der Waals surface area (Å²) in [7, 11) is 3.20. The molecule has 9 heteroatoms. The smallest absolute Gasteiger partial charge is 0.410 e. The summed E-state index contributed by atoms with van der Waals surface area (Å²) in [6.07, 6.45) is 0.574. The van der Waals surface area contributed by atoms with E-state index in [1.165, 1.54) is 0 Å². The number of carbonyl (C=O) groups excluding carboxylic acids is 2. The molecule has 3 rings (SSSR count). The van der Waals surface area contributed by atoms with Crippen molar-refractivity contribution < 1.29 is 33.6 Å². The van der Waals surface area contributed by atoms with Crippen molar-refractivity contribution in [3.05, 3.63) is 59.7 Å². The average Bonchev–Trinajstić information content (AvgIpc) is 3.24. The zero-order valence-corrected chi connectivity index (χ0v) is 25.5. The number of hydrogen-bond donors (Lipinski definition) is 1. The molecule has 0 saturated carbocycles. The van der Waals surface area contributed by atoms with Gasteiger partial charge in [-0.2, -0.15) is 0 Å². The minimum absolute atomic E-state index is 0.115. The Balaban J connectivity index is 1.87. The highest BCUT2D eigenvalue weighted by molar-refractivity contribution is 5.95. The molecule has 2 aromatic rings. The summed E-state index contributed by atoms with van der Waals surface area (Å²) in [5, 5.41) is 12.0. The van der Waals surface area contributed by atoms with E-state index in [2.05, 4.69) is 0 Å². The van der Waals surface area contributed by atoms with Gasteiger partial charge in [0, 0.05) is 57.2 Å². The van der Waals surface area contributed by atoms with E-state index in [9.17, 15) is 14.7 Å². The van der Waals surface area contributed by atoms with Crippen LogP contribution in [0.15, 0.2) is 48.5 Å². The molecular weight excluding hydrogens is 524 g/mol. The first kappa shape index (κ1) is 32.2. The van der Waals surface area contributed by atoms with Gasteiger partial charge in [-0.05, 0) is 58.4 Å². The SMILES string of the molecule is COCCCOc1cc(C(=O)N(C[C@H]2CN(C(=O)OC(C)(C)C)C[C@@]2(O)Cc2ccccc2)C(C)C)ccc1OC. The third-order valence-electron chi connectivity index (χ3n) is 7.13. The molecule has 1 aliphatic rings. The van der Waals surface area contributed by atoms with Crippen LogP contribution in [0.5, 0.6) is 11.5 Å². The summed E-state index contributed by atoms with van der Waals surface area (Å²) in [6.45, 7) is 11.0. The second-order valence-corrected chi connectivity index (χ2v) is 11.9. The summed E-state index contributed by atoms with van der Waals surface area (Å²) in [6, 6.07) is 14.7. The molecule has 1 N–H and O–H groups in total. The molecule has 0 unspecified atom stereocenters. The first-order chi connectivity index (χ1) is 19.4. The largest absolute Gasteiger partial charge is 0.493 e. The van der Waals surface area contributed by atoms with Crippen molar-refractivity contribution in [1.82, 2.24) is 9.80 Å². The molecular formula is C32H46N2O7. The summed E-state index contributed by atoms with van der Waals surface area (Å²) >= 11 is 0. The number of likely N-dealkylation sites (tertiary alicyclic amines) is 1. The summed E-state index contributed by atoms with van der Waals surface area (Å²) in [4.78, 5) is 30.2. The topological polar surface area (TPSA) is 97.8 Å². The van der Waals surface area contributed by atoms with Gasteiger partial charge in [0.25, 0.3) is 5.91 Å². The fourth-order valence-corrected chi connectivity index (χ4v) is 5.04. The zero-order valence-electron chi connectivity index (χ0n) is 25.5. The van der Waals surface area contributed by atoms with Crippen LogP contribution < -0.4 is 9.47 Å². The Morgan fingerprint density at radius 1 is 1.07 bits per heavy atom. The second kappa shape index (κ2) is 14.0. The van der Waals surface area contributed by atoms with Gasteiger partial charge in [0.2, 0.25) is 0 Å². The molecule has 9 nitrogen and oxygen atoms in total. The van der Waals surface area contributed by atoms with Crippen molar-refractivity contribution in [2.75, 3.05) is 47.1 Å². The van der Waals surface area contributed by atoms with Crippen LogP contribution in [-0.2, 0) is 15.9 Å². The minimum atomic E-state index is -1.25. The van der Waals surface area contributed by atoms with E-state index in [0.717, 1.165) is 5.56 Å². The Labute approximate surface area is 244 Å². The third kappa shape index (κ3) is 8.84. The molecule has 1 heterocycles. The van der Waals surface area contributed by atoms with Crippen molar-refractivity contribution in [3.8, 4) is 11.5 Å². The van der Waals surface area contributed by atoms with Crippen molar-refractivity contribution in [2.24, 2.45) is 5.92 Å². The van der Waals surface area contributed by atoms with Gasteiger partial charge in [0.05, 0.1) is 25.9 Å². The van der Waals surface area contributed by atoms with E-state index in [-0.39, 0.29) is 31.6 Å². The monoisotopic (exact) mass is 570 g/mol. The third-order valence-corrected chi connectivity index (χ3v) is 7.13. The highest BCUT2D eigenvalue weighted by Crippen LogP contribution is 2.34. The van der Waals surface area contributed by atoms with Crippen molar-refractivity contribution >= 4 is 12.0 Å². The number of ether oxygens (including phenoxy) is 4. The van der Waals surface area contributed by atoms with Gasteiger partial charge in [-0.3, -0.25) is 4.79 Å². The van der Waals surface area contributed by atoms with Gasteiger partial charge in [0.15, 0.2) is 11.5 Å². The molecule has 1 fully saturated rings. The lowest BCUT2D eigenvalue weighted by molar-refractivity contribution is -0.00612. The van der Waals surface area contributed by atoms with Gasteiger partial charge in [0.1, 0.15) is 5.60 Å². The Morgan fingerprint density at radius 3 is 2.39 bits per heavy atom. The van der Waals surface area contributed by atoms with Crippen LogP contribution in [0.3, 0.4) is 0 Å². The summed E-state index contributed by atoms with van der Waals surface area (Å²) in [5.74, 6) is 0.429. The molecule has 0 aliphatic carbocycles. The summed E-state index contributed by atoms with van der Waals surface area (Å²) < 4.78 is 22.1. The molecule has 226 valence electrons. The van der Waals surface area contributed by atoms with E-state index in [4.69, 9.17) is 18.9 Å². The number of hydrogen-bond acceptors (Lipinski definition) is 7. The molecule has 0 spiro atoms. The van der Waals surface area contributed by atoms with Crippen LogP contribution in [0, 0.1) is 5.92 Å². The van der Waals surface area contributed by atoms with Gasteiger partial charge in [-0.15, -0.1) is 0 Å². The number of β-amino-alcohol motifs (C(OH)–C–C–N with tert-alkyl or cyclic N) is 1. The van der Waals surface area contributed by atoms with Gasteiger partial charge in [-0.25, -0.2) is 4.79 Å². The molecule has 2 atom stereocenters. The Morgan fingerprint density at radius 2 is 1.78 bits per heavy atom. The number of carbonyl (C=O) groups is 2. The van der Waals surface area contributed by atoms with Crippen molar-refractivity contribution in [3.63, 3.8) is 0 Å². The van der Waals surface area contributed by atoms with Gasteiger partial charge >= 0.3 is 6.09 Å². The maximum atomic E-state index is 13.9. The van der Waals surface area contributed by atoms with Crippen LogP contribution in [0.4, 0.5) is 4.79 Å². The van der Waals surface area contributed by atoms with E-state index in [1.807, 2.05) is 65.0 Å². The van der Waals surface area contributed by atoms with Gasteiger partial charge < -0.3 is 33.9 Å². The van der Waals surface area contributed by atoms with Crippen molar-refractivity contribution in [1.29, 1.82) is 0 Å². The number of aliphatic hydroxyl groups is 1. The van der Waals surface area contributed by atoms with Crippen LogP contribution in [0.1, 0.15) is 57.0 Å². The number of benzene rings is 2. The lowest BCUT2D eigenvalue weighted by atomic mass is 9.84. The molecule has 1 saturated heterocycles. The highest BCUT2D eigenvalue weighted by atomic mass is 16.6.